The fourth-order valence-corrected chi connectivity index (χ4v) is 4.32. The number of nitrogens with one attached hydrogen (secondary N) is 1. The highest BCUT2D eigenvalue weighted by molar-refractivity contribution is 7.89. The molecule has 30 heavy (non-hydrogen) atoms. The van der Waals surface area contributed by atoms with Crippen LogP contribution >= 0.6 is 11.6 Å². The lowest BCUT2D eigenvalue weighted by molar-refractivity contribution is -0.121. The van der Waals surface area contributed by atoms with Gasteiger partial charge in [0.2, 0.25) is 10.0 Å². The molecule has 1 amide bonds. The highest BCUT2D eigenvalue weighted by Gasteiger charge is 2.26. The third kappa shape index (κ3) is 6.00. The van der Waals surface area contributed by atoms with Crippen molar-refractivity contribution >= 4 is 33.7 Å². The maximum atomic E-state index is 13.1. The Kier molecular flexibility index (Phi) is 7.35. The molecule has 0 fully saturated rings. The third-order valence-corrected chi connectivity index (χ3v) is 6.20. The van der Waals surface area contributed by atoms with Crippen molar-refractivity contribution < 1.29 is 13.2 Å². The summed E-state index contributed by atoms with van der Waals surface area (Å²) in [5.74, 6) is -0.552. The molecule has 0 aliphatic carbocycles. The molecular formula is C22H20ClN3O3S. The number of carbonyl (C=O) groups is 1. The average Bonchev–Trinajstić information content (AvgIpc) is 2.75. The van der Waals surface area contributed by atoms with E-state index in [0.29, 0.717) is 10.6 Å². The smallest absolute Gasteiger partial charge is 0.255 e. The Labute approximate surface area is 180 Å². The third-order valence-electron chi connectivity index (χ3n) is 4.15. The Bertz CT molecular complexity index is 1120. The zero-order valence-electron chi connectivity index (χ0n) is 16.0. The SMILES string of the molecule is O=C(CN(Cc1ccccc1)S(=O)(=O)c1ccccc1)N/N=C/c1cccc(Cl)c1. The monoisotopic (exact) mass is 441 g/mol. The first-order valence-electron chi connectivity index (χ1n) is 9.12. The normalized spacial score (nSPS) is 11.7. The maximum absolute atomic E-state index is 13.1. The number of sulfonamides is 1. The minimum Gasteiger partial charge on any atom is -0.272 e. The number of rotatable bonds is 8. The number of nitrogens with zero attached hydrogens (tertiary/aromatic N) is 2. The van der Waals surface area contributed by atoms with Gasteiger partial charge >= 0.3 is 0 Å². The van der Waals surface area contributed by atoms with Gasteiger partial charge in [-0.05, 0) is 35.4 Å². The van der Waals surface area contributed by atoms with Gasteiger partial charge in [0, 0.05) is 11.6 Å². The zero-order chi connectivity index (χ0) is 21.4. The van der Waals surface area contributed by atoms with Gasteiger partial charge in [-0.1, -0.05) is 72.3 Å². The molecule has 0 atom stereocenters. The van der Waals surface area contributed by atoms with Crippen LogP contribution in [0.25, 0.3) is 0 Å². The molecule has 1 N–H and O–H groups in total. The van der Waals surface area contributed by atoms with Crippen LogP contribution in [0.2, 0.25) is 5.02 Å². The van der Waals surface area contributed by atoms with Crippen molar-refractivity contribution in [3.63, 3.8) is 0 Å². The molecular weight excluding hydrogens is 422 g/mol. The molecule has 0 radical (unpaired) electrons. The summed E-state index contributed by atoms with van der Waals surface area (Å²) in [7, 11) is -3.87. The van der Waals surface area contributed by atoms with Crippen molar-refractivity contribution in [3.8, 4) is 0 Å². The van der Waals surface area contributed by atoms with E-state index in [-0.39, 0.29) is 18.0 Å². The molecule has 0 aliphatic heterocycles. The van der Waals surface area contributed by atoms with Crippen molar-refractivity contribution in [1.82, 2.24) is 9.73 Å². The standard InChI is InChI=1S/C22H20ClN3O3S/c23-20-11-7-10-19(14-20)15-24-25-22(27)17-26(16-18-8-3-1-4-9-18)30(28,29)21-12-5-2-6-13-21/h1-15H,16-17H2,(H,25,27)/b24-15+. The molecule has 3 aromatic carbocycles. The second-order valence-electron chi connectivity index (χ2n) is 6.42. The molecule has 0 saturated carbocycles. The van der Waals surface area contributed by atoms with Crippen molar-refractivity contribution in [1.29, 1.82) is 0 Å². The quantitative estimate of drug-likeness (QED) is 0.427. The molecule has 3 aromatic rings. The van der Waals surface area contributed by atoms with Gasteiger partial charge in [0.05, 0.1) is 17.7 Å². The number of amides is 1. The Morgan fingerprint density at radius 2 is 1.63 bits per heavy atom. The highest BCUT2D eigenvalue weighted by atomic mass is 35.5. The lowest BCUT2D eigenvalue weighted by Crippen LogP contribution is -2.39. The predicted octanol–water partition coefficient (Wildman–Crippen LogP) is 3.68. The molecule has 6 nitrogen and oxygen atoms in total. The first kappa shape index (κ1) is 21.7. The van der Waals surface area contributed by atoms with Crippen molar-refractivity contribution in [2.75, 3.05) is 6.54 Å². The first-order chi connectivity index (χ1) is 14.4. The van der Waals surface area contributed by atoms with Crippen LogP contribution in [0.5, 0.6) is 0 Å². The molecule has 3 rings (SSSR count). The Hall–Kier alpha value is -3.00. The highest BCUT2D eigenvalue weighted by Crippen LogP contribution is 2.18. The van der Waals surface area contributed by atoms with Crippen molar-refractivity contribution in [2.24, 2.45) is 5.10 Å². The van der Waals surface area contributed by atoms with Gasteiger partial charge in [-0.3, -0.25) is 4.79 Å². The van der Waals surface area contributed by atoms with Crippen LogP contribution in [-0.4, -0.2) is 31.4 Å². The number of hydrazone groups is 1. The lowest BCUT2D eigenvalue weighted by atomic mass is 10.2. The minimum absolute atomic E-state index is 0.0590. The van der Waals surface area contributed by atoms with E-state index in [4.69, 9.17) is 11.6 Å². The van der Waals surface area contributed by atoms with E-state index in [1.54, 1.807) is 42.5 Å². The van der Waals surface area contributed by atoms with Gasteiger partial charge in [0.15, 0.2) is 0 Å². The maximum Gasteiger partial charge on any atom is 0.255 e. The number of carbonyl (C=O) groups excluding carboxylic acids is 1. The van der Waals surface area contributed by atoms with Crippen LogP contribution in [0.1, 0.15) is 11.1 Å². The zero-order valence-corrected chi connectivity index (χ0v) is 17.6. The Balaban J connectivity index is 1.75. The van der Waals surface area contributed by atoms with E-state index < -0.39 is 15.9 Å². The first-order valence-corrected chi connectivity index (χ1v) is 10.9. The van der Waals surface area contributed by atoms with E-state index in [1.807, 2.05) is 30.3 Å². The van der Waals surface area contributed by atoms with E-state index in [1.165, 1.54) is 18.3 Å². The van der Waals surface area contributed by atoms with E-state index in [2.05, 4.69) is 10.5 Å². The summed E-state index contributed by atoms with van der Waals surface area (Å²) in [6.07, 6.45) is 1.44. The van der Waals surface area contributed by atoms with E-state index in [0.717, 1.165) is 9.87 Å². The lowest BCUT2D eigenvalue weighted by Gasteiger charge is -2.21. The topological polar surface area (TPSA) is 78.8 Å². The molecule has 0 saturated heterocycles. The summed E-state index contributed by atoms with van der Waals surface area (Å²) < 4.78 is 27.3. The molecule has 0 unspecified atom stereocenters. The van der Waals surface area contributed by atoms with Gasteiger partial charge in [-0.15, -0.1) is 0 Å². The fraction of sp³-hybridized carbons (Fsp3) is 0.0909. The van der Waals surface area contributed by atoms with Crippen LogP contribution in [0.4, 0.5) is 0 Å². The molecule has 0 aliphatic rings. The van der Waals surface area contributed by atoms with Gasteiger partial charge in [0.25, 0.3) is 5.91 Å². The Morgan fingerprint density at radius 3 is 2.30 bits per heavy atom. The number of hydrogen-bond donors (Lipinski definition) is 1. The van der Waals surface area contributed by atoms with Crippen LogP contribution in [0.3, 0.4) is 0 Å². The van der Waals surface area contributed by atoms with Crippen LogP contribution in [0, 0.1) is 0 Å². The number of hydrogen-bond acceptors (Lipinski definition) is 4. The van der Waals surface area contributed by atoms with Crippen LogP contribution < -0.4 is 5.43 Å². The minimum atomic E-state index is -3.87. The average molecular weight is 442 g/mol. The molecule has 8 heteroatoms. The number of halogens is 1. The molecule has 0 spiro atoms. The molecule has 0 heterocycles. The summed E-state index contributed by atoms with van der Waals surface area (Å²) in [6.45, 7) is -0.317. The van der Waals surface area contributed by atoms with Gasteiger partial charge in [0.1, 0.15) is 0 Å². The summed E-state index contributed by atoms with van der Waals surface area (Å²) in [6, 6.07) is 24.1. The van der Waals surface area contributed by atoms with Crippen molar-refractivity contribution in [2.45, 2.75) is 11.4 Å². The van der Waals surface area contributed by atoms with E-state index >= 15 is 0 Å². The summed E-state index contributed by atoms with van der Waals surface area (Å²) in [4.78, 5) is 12.5. The fourth-order valence-electron chi connectivity index (χ4n) is 2.72. The van der Waals surface area contributed by atoms with Crippen molar-refractivity contribution in [3.05, 3.63) is 101 Å². The largest absolute Gasteiger partial charge is 0.272 e. The second kappa shape index (κ2) is 10.2. The Morgan fingerprint density at radius 1 is 0.967 bits per heavy atom. The van der Waals surface area contributed by atoms with Crippen LogP contribution in [0.15, 0.2) is 94.9 Å². The van der Waals surface area contributed by atoms with E-state index in [9.17, 15) is 13.2 Å². The predicted molar refractivity (Wildman–Crippen MR) is 118 cm³/mol. The van der Waals surface area contributed by atoms with Crippen LogP contribution in [-0.2, 0) is 21.4 Å². The van der Waals surface area contributed by atoms with Gasteiger partial charge < -0.3 is 0 Å². The van der Waals surface area contributed by atoms with Gasteiger partial charge in [-0.25, -0.2) is 13.8 Å². The summed E-state index contributed by atoms with van der Waals surface area (Å²) in [5, 5.41) is 4.44. The second-order valence-corrected chi connectivity index (χ2v) is 8.79. The molecule has 0 aromatic heterocycles. The van der Waals surface area contributed by atoms with Gasteiger partial charge in [-0.2, -0.15) is 9.41 Å². The number of benzene rings is 3. The summed E-state index contributed by atoms with van der Waals surface area (Å²) in [5.41, 5.74) is 3.85. The molecule has 154 valence electrons. The molecule has 0 bridgehead atoms. The summed E-state index contributed by atoms with van der Waals surface area (Å²) >= 11 is 5.92.